The largest absolute Gasteiger partial charge is 0.346 e. The molecule has 150 valence electrons. The van der Waals surface area contributed by atoms with Gasteiger partial charge in [-0.15, -0.1) is 0 Å². The summed E-state index contributed by atoms with van der Waals surface area (Å²) < 4.78 is 14.7. The van der Waals surface area contributed by atoms with Gasteiger partial charge in [-0.2, -0.15) is 0 Å². The first-order valence-electron chi connectivity index (χ1n) is 10.3. The highest BCUT2D eigenvalue weighted by Gasteiger charge is 2.27. The lowest BCUT2D eigenvalue weighted by molar-refractivity contribution is 0.588. The quantitative estimate of drug-likeness (QED) is 0.689. The maximum atomic E-state index is 14.7. The maximum Gasteiger partial charge on any atom is 0.186 e. The Hall–Kier alpha value is -2.38. The average molecular weight is 410 g/mol. The number of anilines is 1. The van der Waals surface area contributed by atoms with Crippen LogP contribution < -0.4 is 10.2 Å². The lowest BCUT2D eigenvalue weighted by Gasteiger charge is -2.26. The predicted molar refractivity (Wildman–Crippen MR) is 115 cm³/mol. The van der Waals surface area contributed by atoms with E-state index in [1.165, 1.54) is 37.3 Å². The van der Waals surface area contributed by atoms with Crippen molar-refractivity contribution in [1.82, 2.24) is 20.3 Å². The highest BCUT2D eigenvalue weighted by molar-refractivity contribution is 7.19. The molecular weight excluding hydrogens is 385 g/mol. The van der Waals surface area contributed by atoms with Gasteiger partial charge >= 0.3 is 0 Å². The number of nitrogens with one attached hydrogen (secondary N) is 1. The molecule has 0 spiro atoms. The van der Waals surface area contributed by atoms with Gasteiger partial charge in [0.15, 0.2) is 5.13 Å². The SMILES string of the molecule is Fc1ccccc1-c1nc(N2CCNCC2)sc1-c1ncncc1C1CCCC1. The molecule has 5 rings (SSSR count). The number of nitrogens with zero attached hydrogens (tertiary/aromatic N) is 4. The highest BCUT2D eigenvalue weighted by atomic mass is 32.1. The molecule has 1 N–H and O–H groups in total. The molecule has 1 aromatic carbocycles. The number of hydrogen-bond acceptors (Lipinski definition) is 6. The zero-order valence-electron chi connectivity index (χ0n) is 16.3. The van der Waals surface area contributed by atoms with Crippen molar-refractivity contribution >= 4 is 16.5 Å². The molecule has 5 nitrogen and oxygen atoms in total. The molecule has 1 saturated carbocycles. The Bertz CT molecular complexity index is 992. The summed E-state index contributed by atoms with van der Waals surface area (Å²) in [5, 5.41) is 4.32. The van der Waals surface area contributed by atoms with Crippen molar-refractivity contribution in [3.05, 3.63) is 48.2 Å². The minimum absolute atomic E-state index is 0.248. The van der Waals surface area contributed by atoms with Crippen LogP contribution in [0.5, 0.6) is 0 Å². The summed E-state index contributed by atoms with van der Waals surface area (Å²) in [7, 11) is 0. The first-order valence-corrected chi connectivity index (χ1v) is 11.1. The Balaban J connectivity index is 1.66. The molecule has 3 heterocycles. The smallest absolute Gasteiger partial charge is 0.186 e. The number of hydrogen-bond donors (Lipinski definition) is 1. The van der Waals surface area contributed by atoms with E-state index in [0.29, 0.717) is 17.2 Å². The third kappa shape index (κ3) is 3.65. The van der Waals surface area contributed by atoms with Gasteiger partial charge in [0.05, 0.1) is 16.3 Å². The topological polar surface area (TPSA) is 53.9 Å². The van der Waals surface area contributed by atoms with Crippen LogP contribution in [-0.2, 0) is 0 Å². The Morgan fingerprint density at radius 2 is 1.86 bits per heavy atom. The number of rotatable bonds is 4. The van der Waals surface area contributed by atoms with Gasteiger partial charge in [-0.3, -0.25) is 0 Å². The second-order valence-corrected chi connectivity index (χ2v) is 8.68. The minimum atomic E-state index is -0.248. The van der Waals surface area contributed by atoms with Crippen LogP contribution in [0.1, 0.15) is 37.2 Å². The lowest BCUT2D eigenvalue weighted by Crippen LogP contribution is -2.43. The fraction of sp³-hybridized carbons (Fsp3) is 0.409. The Morgan fingerprint density at radius 3 is 2.66 bits per heavy atom. The van der Waals surface area contributed by atoms with Crippen molar-refractivity contribution in [1.29, 1.82) is 0 Å². The summed E-state index contributed by atoms with van der Waals surface area (Å²) in [6.07, 6.45) is 8.37. The van der Waals surface area contributed by atoms with E-state index in [9.17, 15) is 4.39 Å². The normalized spacial score (nSPS) is 17.8. The van der Waals surface area contributed by atoms with Gasteiger partial charge in [-0.1, -0.05) is 36.3 Å². The van der Waals surface area contributed by atoms with Crippen LogP contribution in [0.15, 0.2) is 36.8 Å². The molecule has 2 aliphatic rings. The van der Waals surface area contributed by atoms with Gasteiger partial charge < -0.3 is 10.2 Å². The van der Waals surface area contributed by atoms with Crippen LogP contribution in [-0.4, -0.2) is 41.1 Å². The van der Waals surface area contributed by atoms with Gasteiger partial charge in [0.1, 0.15) is 12.1 Å². The first kappa shape index (κ1) is 18.6. The summed E-state index contributed by atoms with van der Waals surface area (Å²) in [5.41, 5.74) is 3.33. The number of piperazine rings is 1. The summed E-state index contributed by atoms with van der Waals surface area (Å²) >= 11 is 1.63. The molecule has 0 atom stereocenters. The van der Waals surface area contributed by atoms with Gasteiger partial charge in [0.25, 0.3) is 0 Å². The summed E-state index contributed by atoms with van der Waals surface area (Å²) in [4.78, 5) is 17.1. The number of aromatic nitrogens is 3. The van der Waals surface area contributed by atoms with E-state index in [-0.39, 0.29) is 5.82 Å². The molecule has 1 aliphatic heterocycles. The van der Waals surface area contributed by atoms with Crippen LogP contribution >= 0.6 is 11.3 Å². The van der Waals surface area contributed by atoms with Crippen molar-refractivity contribution in [3.8, 4) is 21.8 Å². The van der Waals surface area contributed by atoms with Gasteiger partial charge in [0.2, 0.25) is 0 Å². The predicted octanol–water partition coefficient (Wildman–Crippen LogP) is 4.47. The standard InChI is InChI=1S/C22H24FN5S/c23-18-8-4-3-7-16(18)20-21(29-22(27-20)28-11-9-24-10-12-28)19-17(13-25-14-26-19)15-5-1-2-6-15/h3-4,7-8,13-15,24H,1-2,5-6,9-12H2. The van der Waals surface area contributed by atoms with Crippen molar-refractivity contribution in [2.75, 3.05) is 31.1 Å². The average Bonchev–Trinajstić information content (AvgIpc) is 3.45. The van der Waals surface area contributed by atoms with Gasteiger partial charge in [-0.05, 0) is 30.9 Å². The Kier molecular flexibility index (Phi) is 5.24. The van der Waals surface area contributed by atoms with Crippen LogP contribution in [0.4, 0.5) is 9.52 Å². The lowest BCUT2D eigenvalue weighted by atomic mass is 9.96. The number of halogens is 1. The summed E-state index contributed by atoms with van der Waals surface area (Å²) in [5.74, 6) is 0.229. The molecule has 1 saturated heterocycles. The third-order valence-electron chi connectivity index (χ3n) is 5.88. The second kappa shape index (κ2) is 8.16. The Morgan fingerprint density at radius 1 is 1.07 bits per heavy atom. The fourth-order valence-electron chi connectivity index (χ4n) is 4.36. The summed E-state index contributed by atoms with van der Waals surface area (Å²) in [6.45, 7) is 3.68. The molecular formula is C22H24FN5S. The molecule has 2 fully saturated rings. The minimum Gasteiger partial charge on any atom is -0.346 e. The first-order chi connectivity index (χ1) is 14.3. The molecule has 0 amide bonds. The summed E-state index contributed by atoms with van der Waals surface area (Å²) in [6, 6.07) is 6.90. The molecule has 0 radical (unpaired) electrons. The molecule has 0 unspecified atom stereocenters. The van der Waals surface area contributed by atoms with E-state index in [1.54, 1.807) is 23.7 Å². The molecule has 29 heavy (non-hydrogen) atoms. The van der Waals surface area contributed by atoms with Gasteiger partial charge in [0, 0.05) is 43.5 Å². The molecule has 2 aromatic heterocycles. The van der Waals surface area contributed by atoms with Crippen molar-refractivity contribution in [3.63, 3.8) is 0 Å². The second-order valence-electron chi connectivity index (χ2n) is 7.70. The third-order valence-corrected chi connectivity index (χ3v) is 7.01. The monoisotopic (exact) mass is 409 g/mol. The Labute approximate surface area is 174 Å². The van der Waals surface area contributed by atoms with Crippen LogP contribution in [0, 0.1) is 5.82 Å². The van der Waals surface area contributed by atoms with E-state index >= 15 is 0 Å². The number of thiazole rings is 1. The highest BCUT2D eigenvalue weighted by Crippen LogP contribution is 2.45. The van der Waals surface area contributed by atoms with Crippen LogP contribution in [0.25, 0.3) is 21.8 Å². The maximum absolute atomic E-state index is 14.7. The zero-order chi connectivity index (χ0) is 19.6. The van der Waals surface area contributed by atoms with E-state index in [4.69, 9.17) is 4.98 Å². The van der Waals surface area contributed by atoms with E-state index < -0.39 is 0 Å². The van der Waals surface area contributed by atoms with E-state index in [0.717, 1.165) is 41.9 Å². The molecule has 1 aliphatic carbocycles. The van der Waals surface area contributed by atoms with Crippen molar-refractivity contribution in [2.24, 2.45) is 0 Å². The van der Waals surface area contributed by atoms with Crippen LogP contribution in [0.3, 0.4) is 0 Å². The van der Waals surface area contributed by atoms with Gasteiger partial charge in [-0.25, -0.2) is 19.3 Å². The zero-order valence-corrected chi connectivity index (χ0v) is 17.1. The van der Waals surface area contributed by atoms with E-state index in [1.807, 2.05) is 18.3 Å². The fourth-order valence-corrected chi connectivity index (χ4v) is 5.51. The molecule has 7 heteroatoms. The van der Waals surface area contributed by atoms with E-state index in [2.05, 4.69) is 20.2 Å². The van der Waals surface area contributed by atoms with Crippen molar-refractivity contribution in [2.45, 2.75) is 31.6 Å². The van der Waals surface area contributed by atoms with Crippen LogP contribution in [0.2, 0.25) is 0 Å². The molecule has 3 aromatic rings. The molecule has 0 bridgehead atoms. The number of benzene rings is 1. The van der Waals surface area contributed by atoms with Crippen molar-refractivity contribution < 1.29 is 4.39 Å².